The first-order valence-corrected chi connectivity index (χ1v) is 16.0. The molecule has 0 saturated carbocycles. The third-order valence-electron chi connectivity index (χ3n) is 9.45. The molecule has 6 N–H and O–H groups in total. The van der Waals surface area contributed by atoms with Crippen molar-refractivity contribution in [1.82, 2.24) is 25.3 Å². The maximum atomic E-state index is 14.3. The molecule has 3 aromatic heterocycles. The van der Waals surface area contributed by atoms with Gasteiger partial charge in [0.2, 0.25) is 0 Å². The number of aliphatic carboxylic acids is 2. The van der Waals surface area contributed by atoms with Crippen LogP contribution in [0.3, 0.4) is 0 Å². The summed E-state index contributed by atoms with van der Waals surface area (Å²) in [5, 5.41) is 32.2. The number of likely N-dealkylation sites (N-methyl/N-ethyl adjacent to an activating group) is 1. The Labute approximate surface area is 283 Å². The van der Waals surface area contributed by atoms with Crippen molar-refractivity contribution in [3.05, 3.63) is 88.0 Å². The molecule has 0 unspecified atom stereocenters. The zero-order chi connectivity index (χ0) is 35.7. The van der Waals surface area contributed by atoms with Gasteiger partial charge in [0, 0.05) is 40.5 Å². The Morgan fingerprint density at radius 1 is 0.837 bits per heavy atom. The van der Waals surface area contributed by atoms with Crippen molar-refractivity contribution in [2.24, 2.45) is 0 Å². The molecule has 254 valence electrons. The Bertz CT molecular complexity index is 2160. The minimum Gasteiger partial charge on any atom is -0.481 e. The van der Waals surface area contributed by atoms with E-state index in [0.717, 1.165) is 33.4 Å². The number of hydrogen-bond acceptors (Lipinski definition) is 7. The highest BCUT2D eigenvalue weighted by Crippen LogP contribution is 2.38. The molecule has 3 aromatic rings. The standard InChI is InChI=1S/C38H41N5O6/c1-8-22-21(6)36-35(38(49)32(17-44)39-7)37-23(9-2)18(3)28(42-37)14-26-19(4)24(10-12-33(45)46)30(40-26)16-31-25(11-13-34(47)48)20(5)27(41-31)15-29(22)43-36/h8-9,14-16,32,39,41-42,44H,1-2,10-13,17H2,3-7H3,(H,45,46)(H,47,48)/t32-/m0/s1. The normalized spacial score (nSPS) is 13.5. The molecule has 11 heteroatoms. The van der Waals surface area contributed by atoms with Crippen molar-refractivity contribution in [2.75, 3.05) is 13.7 Å². The van der Waals surface area contributed by atoms with Crippen molar-refractivity contribution in [1.29, 1.82) is 0 Å². The summed E-state index contributed by atoms with van der Waals surface area (Å²) < 4.78 is 0. The average molecular weight is 664 g/mol. The number of allylic oxidation sites excluding steroid dienone is 5. The molecule has 0 radical (unpaired) electrons. The van der Waals surface area contributed by atoms with Crippen molar-refractivity contribution in [3.63, 3.8) is 0 Å². The Hall–Kier alpha value is -5.39. The van der Waals surface area contributed by atoms with Crippen molar-refractivity contribution in [3.8, 4) is 0 Å². The van der Waals surface area contributed by atoms with Crippen LogP contribution in [0, 0.1) is 13.8 Å². The maximum Gasteiger partial charge on any atom is 0.303 e. The van der Waals surface area contributed by atoms with Gasteiger partial charge in [-0.15, -0.1) is 0 Å². The van der Waals surface area contributed by atoms with Gasteiger partial charge in [-0.2, -0.15) is 0 Å². The highest BCUT2D eigenvalue weighted by molar-refractivity contribution is 6.13. The number of carboxylic acids is 2. The fourth-order valence-corrected chi connectivity index (χ4v) is 6.60. The van der Waals surface area contributed by atoms with E-state index in [9.17, 15) is 29.7 Å². The minimum absolute atomic E-state index is 0.0924. The van der Waals surface area contributed by atoms with Crippen LogP contribution < -0.4 is 5.32 Å². The van der Waals surface area contributed by atoms with Gasteiger partial charge in [-0.05, 0) is 99.2 Å². The predicted octanol–water partition coefficient (Wildman–Crippen LogP) is 6.27. The molecule has 1 atom stereocenters. The van der Waals surface area contributed by atoms with Crippen LogP contribution in [0.15, 0.2) is 37.4 Å². The first-order valence-electron chi connectivity index (χ1n) is 16.0. The third-order valence-corrected chi connectivity index (χ3v) is 9.45. The second-order valence-corrected chi connectivity index (χ2v) is 12.3. The number of aryl methyl sites for hydroxylation is 3. The molecule has 0 saturated heterocycles. The summed E-state index contributed by atoms with van der Waals surface area (Å²) in [6.07, 6.45) is 3.67. The van der Waals surface area contributed by atoms with Crippen LogP contribution >= 0.6 is 0 Å². The average Bonchev–Trinajstić information content (AvgIpc) is 3.72. The summed E-state index contributed by atoms with van der Waals surface area (Å²) >= 11 is 0. The lowest BCUT2D eigenvalue weighted by molar-refractivity contribution is -0.137. The molecule has 5 heterocycles. The lowest BCUT2D eigenvalue weighted by Crippen LogP contribution is -2.37. The molecule has 11 nitrogen and oxygen atoms in total. The van der Waals surface area contributed by atoms with Crippen molar-refractivity contribution >= 4 is 68.2 Å². The second kappa shape index (κ2) is 14.0. The Morgan fingerprint density at radius 3 is 2.08 bits per heavy atom. The molecule has 0 spiro atoms. The summed E-state index contributed by atoms with van der Waals surface area (Å²) in [7, 11) is 1.61. The van der Waals surface area contributed by atoms with Gasteiger partial charge in [-0.1, -0.05) is 25.3 Å². The molecule has 8 bridgehead atoms. The van der Waals surface area contributed by atoms with E-state index in [-0.39, 0.29) is 37.0 Å². The van der Waals surface area contributed by atoms with E-state index in [1.54, 1.807) is 19.2 Å². The van der Waals surface area contributed by atoms with Gasteiger partial charge in [-0.3, -0.25) is 14.4 Å². The van der Waals surface area contributed by atoms with E-state index < -0.39 is 24.6 Å². The lowest BCUT2D eigenvalue weighted by atomic mass is 9.96. The zero-order valence-corrected chi connectivity index (χ0v) is 28.4. The van der Waals surface area contributed by atoms with Crippen molar-refractivity contribution < 1.29 is 29.7 Å². The number of hydrogen-bond donors (Lipinski definition) is 6. The van der Waals surface area contributed by atoms with Gasteiger partial charge in [0.15, 0.2) is 5.78 Å². The quantitative estimate of drug-likeness (QED) is 0.122. The SMILES string of the molecule is C=CC1=C(C)c2nc1cc1[nH]c(cc3nc(cc4[nH]c(c(C=C)c4C)c2C(=O)[C@H](CO)NC)C(C)=C3CCC(=O)O)c(CCC(=O)O)c1C. The van der Waals surface area contributed by atoms with Crippen LogP contribution in [0.4, 0.5) is 0 Å². The molecular weight excluding hydrogens is 622 g/mol. The smallest absolute Gasteiger partial charge is 0.303 e. The number of rotatable bonds is 12. The predicted molar refractivity (Wildman–Crippen MR) is 193 cm³/mol. The van der Waals surface area contributed by atoms with Gasteiger partial charge >= 0.3 is 11.9 Å². The Morgan fingerprint density at radius 2 is 1.47 bits per heavy atom. The second-order valence-electron chi connectivity index (χ2n) is 12.3. The summed E-state index contributed by atoms with van der Waals surface area (Å²) in [5.41, 5.74) is 11.1. The van der Waals surface area contributed by atoms with E-state index in [1.807, 2.05) is 45.9 Å². The number of nitrogens with one attached hydrogen (secondary N) is 3. The maximum absolute atomic E-state index is 14.3. The van der Waals surface area contributed by atoms with Gasteiger partial charge in [-0.25, -0.2) is 9.97 Å². The number of carbonyl (C=O) groups excluding carboxylic acids is 1. The van der Waals surface area contributed by atoms with Gasteiger partial charge in [0.25, 0.3) is 0 Å². The number of aromatic nitrogens is 4. The topological polar surface area (TPSA) is 181 Å². The summed E-state index contributed by atoms with van der Waals surface area (Å²) in [4.78, 5) is 54.5. The third kappa shape index (κ3) is 6.42. The number of nitrogens with zero attached hydrogens (tertiary/aromatic N) is 2. The molecule has 0 aromatic carbocycles. The lowest BCUT2D eigenvalue weighted by Gasteiger charge is -2.14. The fraction of sp³-hybridized carbons (Fsp3) is 0.289. The largest absolute Gasteiger partial charge is 0.481 e. The van der Waals surface area contributed by atoms with E-state index in [4.69, 9.17) is 9.97 Å². The van der Waals surface area contributed by atoms with E-state index >= 15 is 0 Å². The minimum atomic E-state index is -0.934. The molecule has 0 fully saturated rings. The number of carboxylic acid groups (broad SMARTS) is 2. The van der Waals surface area contributed by atoms with Crippen LogP contribution in [-0.4, -0.2) is 72.7 Å². The van der Waals surface area contributed by atoms with Crippen LogP contribution in [0.2, 0.25) is 0 Å². The highest BCUT2D eigenvalue weighted by atomic mass is 16.4. The van der Waals surface area contributed by atoms with E-state index in [2.05, 4.69) is 28.4 Å². The Balaban J connectivity index is 2.04. The number of ketones is 1. The molecule has 0 aliphatic carbocycles. The monoisotopic (exact) mass is 663 g/mol. The van der Waals surface area contributed by atoms with Crippen molar-refractivity contribution in [2.45, 2.75) is 59.4 Å². The summed E-state index contributed by atoms with van der Waals surface area (Å²) in [5.74, 6) is -2.23. The number of aliphatic hydroxyl groups is 1. The summed E-state index contributed by atoms with van der Waals surface area (Å²) in [6.45, 7) is 15.2. The van der Waals surface area contributed by atoms with Gasteiger partial charge in [0.05, 0.1) is 46.5 Å². The summed E-state index contributed by atoms with van der Waals surface area (Å²) in [6, 6.07) is 4.67. The van der Waals surface area contributed by atoms with Crippen LogP contribution in [0.25, 0.3) is 50.4 Å². The first-order chi connectivity index (χ1) is 23.3. The zero-order valence-electron chi connectivity index (χ0n) is 28.4. The number of carbonyl (C=O) groups is 3. The van der Waals surface area contributed by atoms with Gasteiger partial charge < -0.3 is 30.6 Å². The fourth-order valence-electron chi connectivity index (χ4n) is 6.60. The van der Waals surface area contributed by atoms with Crippen LogP contribution in [0.1, 0.15) is 88.5 Å². The molecule has 5 rings (SSSR count). The van der Waals surface area contributed by atoms with Gasteiger partial charge in [0.1, 0.15) is 0 Å². The molecule has 2 aliphatic rings. The first kappa shape index (κ1) is 34.9. The highest BCUT2D eigenvalue weighted by Gasteiger charge is 2.29. The van der Waals surface area contributed by atoms with E-state index in [0.29, 0.717) is 56.0 Å². The van der Waals surface area contributed by atoms with Crippen LogP contribution in [0.5, 0.6) is 0 Å². The molecular formula is C38H41N5O6. The number of H-pyrrole nitrogens is 2. The number of Topliss-reactive ketones (excluding diaryl/α,β-unsaturated/α-hetero) is 1. The van der Waals surface area contributed by atoms with Crippen LogP contribution in [-0.2, 0) is 16.0 Å². The number of aromatic amines is 2. The molecule has 0 amide bonds. The molecule has 2 aliphatic heterocycles. The molecule has 49 heavy (non-hydrogen) atoms. The van der Waals surface area contributed by atoms with E-state index in [1.165, 1.54) is 0 Å². The Kier molecular flexibility index (Phi) is 9.98. The number of fused-ring (bicyclic) bond motifs is 8. The number of aliphatic hydroxyl groups excluding tert-OH is 1.